The quantitative estimate of drug-likeness (QED) is 0.565. The molecule has 1 N–H and O–H groups in total. The van der Waals surface area contributed by atoms with E-state index in [4.69, 9.17) is 0 Å². The summed E-state index contributed by atoms with van der Waals surface area (Å²) in [5.74, 6) is 0. The second kappa shape index (κ2) is 2.98. The summed E-state index contributed by atoms with van der Waals surface area (Å²) in [6.45, 7) is 9.18. The summed E-state index contributed by atoms with van der Waals surface area (Å²) >= 11 is 1.90. The molecule has 11 heavy (non-hydrogen) atoms. The van der Waals surface area contributed by atoms with Crippen molar-refractivity contribution in [2.75, 3.05) is 0 Å². The standard InChI is InChI=1S/C9H19NS/c1-8(2)6-5-7-9(3,4)11-10-8/h10H,5-7H2,1-4H3. The van der Waals surface area contributed by atoms with Crippen LogP contribution in [0.15, 0.2) is 0 Å². The molecule has 66 valence electrons. The minimum atomic E-state index is 0.332. The fraction of sp³-hybridized carbons (Fsp3) is 1.00. The van der Waals surface area contributed by atoms with Crippen LogP contribution < -0.4 is 4.72 Å². The molecule has 1 aliphatic rings. The van der Waals surface area contributed by atoms with Crippen molar-refractivity contribution in [3.05, 3.63) is 0 Å². The minimum absolute atomic E-state index is 0.332. The third-order valence-electron chi connectivity index (χ3n) is 2.18. The Morgan fingerprint density at radius 2 is 1.73 bits per heavy atom. The SMILES string of the molecule is CC1(C)CCCC(C)(C)SN1. The first-order chi connectivity index (χ1) is 4.91. The zero-order valence-corrected chi connectivity index (χ0v) is 8.85. The fourth-order valence-corrected chi connectivity index (χ4v) is 2.24. The van der Waals surface area contributed by atoms with Gasteiger partial charge in [-0.05, 0) is 40.5 Å². The van der Waals surface area contributed by atoms with E-state index in [-0.39, 0.29) is 0 Å². The van der Waals surface area contributed by atoms with E-state index in [2.05, 4.69) is 32.4 Å². The number of nitrogens with one attached hydrogen (secondary N) is 1. The van der Waals surface area contributed by atoms with Crippen LogP contribution in [0, 0.1) is 0 Å². The Morgan fingerprint density at radius 3 is 2.36 bits per heavy atom. The molecule has 0 spiro atoms. The summed E-state index contributed by atoms with van der Waals surface area (Å²) in [6.07, 6.45) is 3.97. The predicted molar refractivity (Wildman–Crippen MR) is 52.7 cm³/mol. The van der Waals surface area contributed by atoms with Crippen LogP contribution in [-0.2, 0) is 0 Å². The van der Waals surface area contributed by atoms with Crippen LogP contribution >= 0.6 is 11.9 Å². The topological polar surface area (TPSA) is 12.0 Å². The zero-order chi connectivity index (χ0) is 8.54. The minimum Gasteiger partial charge on any atom is -0.258 e. The smallest absolute Gasteiger partial charge is 0.0248 e. The van der Waals surface area contributed by atoms with Crippen molar-refractivity contribution in [2.24, 2.45) is 0 Å². The molecule has 0 saturated carbocycles. The van der Waals surface area contributed by atoms with Gasteiger partial charge in [0.2, 0.25) is 0 Å². The Hall–Kier alpha value is 0.310. The molecule has 0 atom stereocenters. The molecule has 0 aliphatic carbocycles. The maximum Gasteiger partial charge on any atom is 0.0248 e. The third-order valence-corrected chi connectivity index (χ3v) is 3.60. The van der Waals surface area contributed by atoms with Gasteiger partial charge >= 0.3 is 0 Å². The van der Waals surface area contributed by atoms with E-state index in [1.807, 2.05) is 11.9 Å². The van der Waals surface area contributed by atoms with Crippen molar-refractivity contribution >= 4 is 11.9 Å². The molecule has 0 amide bonds. The van der Waals surface area contributed by atoms with Crippen LogP contribution in [0.4, 0.5) is 0 Å². The van der Waals surface area contributed by atoms with Crippen molar-refractivity contribution in [2.45, 2.75) is 57.2 Å². The lowest BCUT2D eigenvalue weighted by Crippen LogP contribution is -2.34. The summed E-state index contributed by atoms with van der Waals surface area (Å²) in [5, 5.41) is 0. The molecule has 2 heteroatoms. The summed E-state index contributed by atoms with van der Waals surface area (Å²) in [4.78, 5) is 0. The Balaban J connectivity index is 2.53. The largest absolute Gasteiger partial charge is 0.258 e. The molecule has 1 rings (SSSR count). The summed E-state index contributed by atoms with van der Waals surface area (Å²) in [7, 11) is 0. The van der Waals surface area contributed by atoms with Gasteiger partial charge in [-0.2, -0.15) is 0 Å². The van der Waals surface area contributed by atoms with Crippen LogP contribution in [0.5, 0.6) is 0 Å². The van der Waals surface area contributed by atoms with E-state index in [1.165, 1.54) is 19.3 Å². The highest BCUT2D eigenvalue weighted by Crippen LogP contribution is 2.34. The van der Waals surface area contributed by atoms with E-state index in [0.717, 1.165) is 0 Å². The molecule has 0 unspecified atom stereocenters. The Kier molecular flexibility index (Phi) is 2.55. The van der Waals surface area contributed by atoms with Gasteiger partial charge in [0.25, 0.3) is 0 Å². The zero-order valence-electron chi connectivity index (χ0n) is 8.03. The molecule has 1 saturated heterocycles. The fourth-order valence-electron chi connectivity index (χ4n) is 1.33. The van der Waals surface area contributed by atoms with E-state index < -0.39 is 0 Å². The maximum atomic E-state index is 3.53. The molecular weight excluding hydrogens is 154 g/mol. The Labute approximate surface area is 74.5 Å². The maximum absolute atomic E-state index is 3.53. The average molecular weight is 173 g/mol. The van der Waals surface area contributed by atoms with Crippen LogP contribution in [0.2, 0.25) is 0 Å². The van der Waals surface area contributed by atoms with Crippen molar-refractivity contribution in [1.82, 2.24) is 4.72 Å². The third kappa shape index (κ3) is 3.04. The molecule has 0 bridgehead atoms. The molecule has 1 nitrogen and oxygen atoms in total. The van der Waals surface area contributed by atoms with Gasteiger partial charge in [-0.3, -0.25) is 4.72 Å². The van der Waals surface area contributed by atoms with Crippen LogP contribution in [0.1, 0.15) is 47.0 Å². The van der Waals surface area contributed by atoms with Crippen molar-refractivity contribution < 1.29 is 0 Å². The van der Waals surface area contributed by atoms with Crippen LogP contribution in [0.3, 0.4) is 0 Å². The summed E-state index contributed by atoms with van der Waals surface area (Å²) in [6, 6.07) is 0. The Morgan fingerprint density at radius 1 is 1.09 bits per heavy atom. The Bertz CT molecular complexity index is 124. The van der Waals surface area contributed by atoms with Gasteiger partial charge in [-0.1, -0.05) is 18.4 Å². The van der Waals surface area contributed by atoms with Crippen molar-refractivity contribution in [3.8, 4) is 0 Å². The second-order valence-electron chi connectivity index (χ2n) is 4.70. The molecule has 1 heterocycles. The van der Waals surface area contributed by atoms with Crippen LogP contribution in [-0.4, -0.2) is 10.3 Å². The first-order valence-corrected chi connectivity index (χ1v) is 5.18. The molecule has 0 radical (unpaired) electrons. The van der Waals surface area contributed by atoms with Gasteiger partial charge in [0.15, 0.2) is 0 Å². The monoisotopic (exact) mass is 173 g/mol. The highest BCUT2D eigenvalue weighted by Gasteiger charge is 2.28. The molecule has 0 aromatic carbocycles. The van der Waals surface area contributed by atoms with Gasteiger partial charge < -0.3 is 0 Å². The normalized spacial score (nSPS) is 29.5. The number of hydrogen-bond acceptors (Lipinski definition) is 2. The molecule has 0 aromatic heterocycles. The van der Waals surface area contributed by atoms with E-state index in [0.29, 0.717) is 10.3 Å². The van der Waals surface area contributed by atoms with Gasteiger partial charge in [-0.15, -0.1) is 0 Å². The summed E-state index contributed by atoms with van der Waals surface area (Å²) < 4.78 is 3.95. The predicted octanol–water partition coefficient (Wildman–Crippen LogP) is 2.97. The lowest BCUT2D eigenvalue weighted by molar-refractivity contribution is 0.428. The van der Waals surface area contributed by atoms with E-state index in [9.17, 15) is 0 Å². The first kappa shape index (κ1) is 9.40. The number of rotatable bonds is 0. The molecule has 1 fully saturated rings. The van der Waals surface area contributed by atoms with E-state index in [1.54, 1.807) is 0 Å². The molecule has 1 aliphatic heterocycles. The second-order valence-corrected chi connectivity index (χ2v) is 6.21. The van der Waals surface area contributed by atoms with E-state index >= 15 is 0 Å². The highest BCUT2D eigenvalue weighted by atomic mass is 32.2. The first-order valence-electron chi connectivity index (χ1n) is 4.37. The van der Waals surface area contributed by atoms with Gasteiger partial charge in [-0.25, -0.2) is 0 Å². The molecular formula is C9H19NS. The van der Waals surface area contributed by atoms with Gasteiger partial charge in [0, 0.05) is 10.3 Å². The highest BCUT2D eigenvalue weighted by molar-refractivity contribution is 7.98. The lowest BCUT2D eigenvalue weighted by Gasteiger charge is -2.25. The van der Waals surface area contributed by atoms with Crippen LogP contribution in [0.25, 0.3) is 0 Å². The van der Waals surface area contributed by atoms with Gasteiger partial charge in [0.05, 0.1) is 0 Å². The summed E-state index contributed by atoms with van der Waals surface area (Å²) in [5.41, 5.74) is 0.332. The van der Waals surface area contributed by atoms with Gasteiger partial charge in [0.1, 0.15) is 0 Å². The number of hydrogen-bond donors (Lipinski definition) is 1. The lowest BCUT2D eigenvalue weighted by atomic mass is 9.96. The average Bonchev–Trinajstić information content (AvgIpc) is 1.92. The molecule has 0 aromatic rings. The van der Waals surface area contributed by atoms with Crippen molar-refractivity contribution in [3.63, 3.8) is 0 Å². The van der Waals surface area contributed by atoms with Crippen molar-refractivity contribution in [1.29, 1.82) is 0 Å².